The summed E-state index contributed by atoms with van der Waals surface area (Å²) in [5.74, 6) is 0.880. The molecule has 0 bridgehead atoms. The number of hydrogen-bond donors (Lipinski definition) is 2. The first-order chi connectivity index (χ1) is 14.1. The van der Waals surface area contributed by atoms with Gasteiger partial charge in [0.15, 0.2) is 5.82 Å². The molecule has 29 heavy (non-hydrogen) atoms. The lowest BCUT2D eigenvalue weighted by Gasteiger charge is -2.09. The van der Waals surface area contributed by atoms with Gasteiger partial charge < -0.3 is 15.2 Å². The summed E-state index contributed by atoms with van der Waals surface area (Å²) in [6.45, 7) is 2.56. The van der Waals surface area contributed by atoms with Gasteiger partial charge in [-0.3, -0.25) is 14.3 Å². The number of carbonyl (C=O) groups is 2. The maximum Gasteiger partial charge on any atom is 0.246 e. The van der Waals surface area contributed by atoms with E-state index in [4.69, 9.17) is 4.52 Å². The number of nitrogens with one attached hydrogen (secondary N) is 2. The number of carbonyl (C=O) groups excluding carboxylic acids is 2. The number of hydrogen-bond acceptors (Lipinski definition) is 6. The molecule has 152 valence electrons. The average Bonchev–Trinajstić information content (AvgIpc) is 3.37. The first kappa shape index (κ1) is 20.2. The van der Waals surface area contributed by atoms with E-state index in [0.717, 1.165) is 18.4 Å². The maximum atomic E-state index is 12.1. The summed E-state index contributed by atoms with van der Waals surface area (Å²) in [5.41, 5.74) is 1.56. The largest absolute Gasteiger partial charge is 0.352 e. The molecule has 2 heterocycles. The van der Waals surface area contributed by atoms with E-state index in [-0.39, 0.29) is 24.8 Å². The predicted octanol–water partition coefficient (Wildman–Crippen LogP) is 2.11. The summed E-state index contributed by atoms with van der Waals surface area (Å²) < 4.78 is 6.68. The molecular formula is C20H24N6O3. The first-order valence-corrected chi connectivity index (χ1v) is 9.56. The zero-order chi connectivity index (χ0) is 20.5. The van der Waals surface area contributed by atoms with Crippen LogP contribution in [0.2, 0.25) is 0 Å². The molecule has 2 N–H and O–H groups in total. The summed E-state index contributed by atoms with van der Waals surface area (Å²) in [6.07, 6.45) is 5.75. The summed E-state index contributed by atoms with van der Waals surface area (Å²) >= 11 is 0. The molecule has 0 unspecified atom stereocenters. The Bertz CT molecular complexity index is 935. The molecule has 0 atom stereocenters. The highest BCUT2D eigenvalue weighted by atomic mass is 16.5. The van der Waals surface area contributed by atoms with Crippen LogP contribution in [0.3, 0.4) is 0 Å². The normalized spacial score (nSPS) is 10.7. The third-order valence-electron chi connectivity index (χ3n) is 4.11. The minimum absolute atomic E-state index is 0.103. The second-order valence-corrected chi connectivity index (χ2v) is 6.58. The van der Waals surface area contributed by atoms with Crippen LogP contribution in [0.15, 0.2) is 47.2 Å². The van der Waals surface area contributed by atoms with Gasteiger partial charge in [-0.05, 0) is 30.2 Å². The van der Waals surface area contributed by atoms with Gasteiger partial charge in [0, 0.05) is 43.9 Å². The number of aryl methyl sites for hydroxylation is 2. The molecule has 0 radical (unpaired) electrons. The molecule has 9 heteroatoms. The van der Waals surface area contributed by atoms with Crippen LogP contribution in [0.5, 0.6) is 0 Å². The summed E-state index contributed by atoms with van der Waals surface area (Å²) in [6, 6.07) is 9.11. The van der Waals surface area contributed by atoms with Crippen LogP contribution in [-0.2, 0) is 35.5 Å². The topological polar surface area (TPSA) is 115 Å². The van der Waals surface area contributed by atoms with Crippen LogP contribution in [0, 0.1) is 0 Å². The van der Waals surface area contributed by atoms with Gasteiger partial charge in [0.25, 0.3) is 0 Å². The molecule has 3 aromatic rings. The molecule has 0 spiro atoms. The van der Waals surface area contributed by atoms with Gasteiger partial charge in [0.2, 0.25) is 17.7 Å². The van der Waals surface area contributed by atoms with E-state index in [0.29, 0.717) is 30.4 Å². The lowest BCUT2D eigenvalue weighted by Crippen LogP contribution is -2.23. The van der Waals surface area contributed by atoms with Gasteiger partial charge >= 0.3 is 0 Å². The fourth-order valence-electron chi connectivity index (χ4n) is 2.73. The van der Waals surface area contributed by atoms with E-state index in [1.54, 1.807) is 29.2 Å². The molecule has 1 aromatic carbocycles. The molecule has 0 aliphatic rings. The van der Waals surface area contributed by atoms with Crippen LogP contribution in [-0.4, -0.2) is 31.7 Å². The molecule has 9 nitrogen and oxygen atoms in total. The second-order valence-electron chi connectivity index (χ2n) is 6.58. The van der Waals surface area contributed by atoms with Crippen molar-refractivity contribution in [1.82, 2.24) is 25.2 Å². The Morgan fingerprint density at radius 3 is 2.86 bits per heavy atom. The molecule has 0 saturated carbocycles. The maximum absolute atomic E-state index is 12.1. The van der Waals surface area contributed by atoms with Crippen molar-refractivity contribution in [3.05, 3.63) is 60.0 Å². The van der Waals surface area contributed by atoms with Crippen molar-refractivity contribution in [3.8, 4) is 0 Å². The summed E-state index contributed by atoms with van der Waals surface area (Å²) in [5, 5.41) is 13.6. The Balaban J connectivity index is 1.43. The van der Waals surface area contributed by atoms with Crippen molar-refractivity contribution in [1.29, 1.82) is 0 Å². The molecule has 0 saturated heterocycles. The smallest absolute Gasteiger partial charge is 0.246 e. The molecule has 2 amide bonds. The highest BCUT2D eigenvalue weighted by Crippen LogP contribution is 2.11. The first-order valence-electron chi connectivity index (χ1n) is 9.56. The van der Waals surface area contributed by atoms with Gasteiger partial charge in [0.05, 0.1) is 0 Å². The van der Waals surface area contributed by atoms with Crippen LogP contribution in [0.4, 0.5) is 5.69 Å². The lowest BCUT2D eigenvalue weighted by atomic mass is 10.2. The Morgan fingerprint density at radius 2 is 2.07 bits per heavy atom. The molecular weight excluding hydrogens is 372 g/mol. The highest BCUT2D eigenvalue weighted by Gasteiger charge is 2.09. The standard InChI is InChI=1S/C20H24N6O3/c1-2-5-17-24-20(29-25-17)9-8-18(27)21-13-15-6-3-7-16(12-15)23-19(28)14-26-11-4-10-22-26/h3-4,6-7,10-12H,2,5,8-9,13-14H2,1H3,(H,21,27)(H,23,28). The summed E-state index contributed by atoms with van der Waals surface area (Å²) in [4.78, 5) is 28.4. The van der Waals surface area contributed by atoms with E-state index in [1.807, 2.05) is 25.1 Å². The molecule has 0 fully saturated rings. The quantitative estimate of drug-likeness (QED) is 0.542. The second kappa shape index (κ2) is 10.2. The third-order valence-corrected chi connectivity index (χ3v) is 4.11. The van der Waals surface area contributed by atoms with Crippen LogP contribution >= 0.6 is 0 Å². The minimum atomic E-state index is -0.170. The van der Waals surface area contributed by atoms with E-state index >= 15 is 0 Å². The number of benzene rings is 1. The van der Waals surface area contributed by atoms with Crippen molar-refractivity contribution in [2.45, 2.75) is 45.7 Å². The summed E-state index contributed by atoms with van der Waals surface area (Å²) in [7, 11) is 0. The van der Waals surface area contributed by atoms with Crippen molar-refractivity contribution >= 4 is 17.5 Å². The third kappa shape index (κ3) is 6.56. The molecule has 3 rings (SSSR count). The molecule has 0 aliphatic heterocycles. The highest BCUT2D eigenvalue weighted by molar-refractivity contribution is 5.90. The van der Waals surface area contributed by atoms with Gasteiger partial charge in [0.1, 0.15) is 6.54 Å². The SMILES string of the molecule is CCCc1noc(CCC(=O)NCc2cccc(NC(=O)Cn3cccn3)c2)n1. The minimum Gasteiger partial charge on any atom is -0.352 e. The van der Waals surface area contributed by atoms with Gasteiger partial charge in [-0.15, -0.1) is 0 Å². The monoisotopic (exact) mass is 396 g/mol. The van der Waals surface area contributed by atoms with E-state index in [2.05, 4.69) is 25.9 Å². The lowest BCUT2D eigenvalue weighted by molar-refractivity contribution is -0.121. The van der Waals surface area contributed by atoms with Crippen molar-refractivity contribution in [3.63, 3.8) is 0 Å². The number of nitrogens with zero attached hydrogens (tertiary/aromatic N) is 4. The van der Waals surface area contributed by atoms with E-state index < -0.39 is 0 Å². The fraction of sp³-hybridized carbons (Fsp3) is 0.350. The molecule has 2 aromatic heterocycles. The van der Waals surface area contributed by atoms with Crippen LogP contribution in [0.1, 0.15) is 37.0 Å². The average molecular weight is 396 g/mol. The van der Waals surface area contributed by atoms with Crippen LogP contribution < -0.4 is 10.6 Å². The van der Waals surface area contributed by atoms with Crippen molar-refractivity contribution in [2.24, 2.45) is 0 Å². The van der Waals surface area contributed by atoms with Crippen molar-refractivity contribution in [2.75, 3.05) is 5.32 Å². The predicted molar refractivity (Wildman–Crippen MR) is 106 cm³/mol. The van der Waals surface area contributed by atoms with Crippen LogP contribution in [0.25, 0.3) is 0 Å². The number of aromatic nitrogens is 4. The molecule has 0 aliphatic carbocycles. The van der Waals surface area contributed by atoms with E-state index in [1.165, 1.54) is 0 Å². The van der Waals surface area contributed by atoms with Gasteiger partial charge in [-0.25, -0.2) is 0 Å². The number of amides is 2. The van der Waals surface area contributed by atoms with E-state index in [9.17, 15) is 9.59 Å². The Hall–Kier alpha value is -3.49. The fourth-order valence-corrected chi connectivity index (χ4v) is 2.73. The Labute approximate surface area is 168 Å². The van der Waals surface area contributed by atoms with Gasteiger partial charge in [-0.2, -0.15) is 10.1 Å². The Kier molecular flexibility index (Phi) is 7.10. The van der Waals surface area contributed by atoms with Gasteiger partial charge in [-0.1, -0.05) is 24.2 Å². The Morgan fingerprint density at radius 1 is 1.17 bits per heavy atom. The number of rotatable bonds is 10. The van der Waals surface area contributed by atoms with Crippen molar-refractivity contribution < 1.29 is 14.1 Å². The number of anilines is 1. The zero-order valence-corrected chi connectivity index (χ0v) is 16.3. The zero-order valence-electron chi connectivity index (χ0n) is 16.3.